The second kappa shape index (κ2) is 4.12. The number of imide groups is 1. The molecule has 1 unspecified atom stereocenters. The molecule has 5 heteroatoms. The van der Waals surface area contributed by atoms with Crippen molar-refractivity contribution in [3.63, 3.8) is 0 Å². The first-order valence-electron chi connectivity index (χ1n) is 6.25. The minimum absolute atomic E-state index is 0.194. The Kier molecular flexibility index (Phi) is 2.55. The Labute approximate surface area is 110 Å². The van der Waals surface area contributed by atoms with Crippen molar-refractivity contribution in [1.82, 2.24) is 9.88 Å². The molecule has 0 saturated carbocycles. The summed E-state index contributed by atoms with van der Waals surface area (Å²) in [6.07, 6.45) is 2.87. The van der Waals surface area contributed by atoms with Crippen molar-refractivity contribution in [1.29, 1.82) is 0 Å². The van der Waals surface area contributed by atoms with Gasteiger partial charge in [-0.3, -0.25) is 14.9 Å². The van der Waals surface area contributed by atoms with E-state index in [1.54, 1.807) is 0 Å². The van der Waals surface area contributed by atoms with Crippen LogP contribution in [0.15, 0.2) is 24.4 Å². The molecule has 3 N–H and O–H groups in total. The number of fused-ring (bicyclic) bond motifs is 1. The highest BCUT2D eigenvalue weighted by atomic mass is 16.2. The van der Waals surface area contributed by atoms with Crippen molar-refractivity contribution in [2.24, 2.45) is 7.05 Å². The summed E-state index contributed by atoms with van der Waals surface area (Å²) in [6, 6.07) is 5.69. The van der Waals surface area contributed by atoms with Crippen molar-refractivity contribution < 1.29 is 9.59 Å². The molecule has 1 aromatic heterocycles. The van der Waals surface area contributed by atoms with Gasteiger partial charge in [0.1, 0.15) is 0 Å². The molecule has 0 radical (unpaired) electrons. The summed E-state index contributed by atoms with van der Waals surface area (Å²) in [4.78, 5) is 23.2. The number of nitrogens with zero attached hydrogens (tertiary/aromatic N) is 1. The Morgan fingerprint density at radius 2 is 2.16 bits per heavy atom. The molecule has 1 aliphatic heterocycles. The van der Waals surface area contributed by atoms with Gasteiger partial charge in [-0.1, -0.05) is 12.1 Å². The molecule has 2 aromatic rings. The van der Waals surface area contributed by atoms with Gasteiger partial charge in [-0.2, -0.15) is 0 Å². The van der Waals surface area contributed by atoms with Crippen LogP contribution >= 0.6 is 0 Å². The zero-order chi connectivity index (χ0) is 13.6. The molecule has 1 aliphatic rings. The number of carbonyl (C=O) groups is 2. The van der Waals surface area contributed by atoms with Crippen molar-refractivity contribution >= 4 is 28.4 Å². The summed E-state index contributed by atoms with van der Waals surface area (Å²) >= 11 is 0. The molecule has 1 saturated heterocycles. The second-order valence-corrected chi connectivity index (χ2v) is 4.94. The summed E-state index contributed by atoms with van der Waals surface area (Å²) in [6.45, 7) is 0. The number of carbonyl (C=O) groups excluding carboxylic acids is 2. The molecule has 2 heterocycles. The van der Waals surface area contributed by atoms with Gasteiger partial charge in [-0.05, 0) is 18.1 Å². The van der Waals surface area contributed by atoms with Crippen molar-refractivity contribution in [3.8, 4) is 0 Å². The molecule has 1 fully saturated rings. The van der Waals surface area contributed by atoms with Crippen LogP contribution in [0.1, 0.15) is 24.3 Å². The molecule has 0 spiro atoms. The summed E-state index contributed by atoms with van der Waals surface area (Å²) in [5.74, 6) is -0.685. The average Bonchev–Trinajstić information content (AvgIpc) is 2.68. The number of nitrogens with one attached hydrogen (secondary N) is 1. The van der Waals surface area contributed by atoms with Crippen LogP contribution in [0.5, 0.6) is 0 Å². The van der Waals surface area contributed by atoms with Gasteiger partial charge in [0.2, 0.25) is 11.8 Å². The molecule has 19 heavy (non-hydrogen) atoms. The van der Waals surface area contributed by atoms with Gasteiger partial charge in [-0.15, -0.1) is 0 Å². The number of rotatable bonds is 1. The number of aromatic nitrogens is 1. The summed E-state index contributed by atoms with van der Waals surface area (Å²) < 4.78 is 1.93. The van der Waals surface area contributed by atoms with Crippen LogP contribution in [0.3, 0.4) is 0 Å². The first-order chi connectivity index (χ1) is 9.08. The summed E-state index contributed by atoms with van der Waals surface area (Å²) in [7, 11) is 1.91. The van der Waals surface area contributed by atoms with E-state index in [9.17, 15) is 9.59 Å². The standard InChI is InChI=1S/C14H15N3O2/c1-17-7-10(8-3-2-4-11(15)13(8)17)9-5-6-12(18)16-14(9)19/h2-4,7,9H,5-6,15H2,1H3,(H,16,18,19). The fraction of sp³-hybridized carbons (Fsp3) is 0.286. The predicted molar refractivity (Wildman–Crippen MR) is 72.5 cm³/mol. The van der Waals surface area contributed by atoms with Gasteiger partial charge >= 0.3 is 0 Å². The number of anilines is 1. The third-order valence-corrected chi connectivity index (χ3v) is 3.68. The first-order valence-corrected chi connectivity index (χ1v) is 6.25. The van der Waals surface area contributed by atoms with E-state index in [2.05, 4.69) is 5.32 Å². The average molecular weight is 257 g/mol. The normalized spacial score (nSPS) is 19.7. The number of aryl methyl sites for hydroxylation is 1. The van der Waals surface area contributed by atoms with E-state index in [-0.39, 0.29) is 17.7 Å². The molecule has 2 amide bonds. The monoisotopic (exact) mass is 257 g/mol. The predicted octanol–water partition coefficient (Wildman–Crippen LogP) is 1.28. The highest BCUT2D eigenvalue weighted by Gasteiger charge is 2.30. The van der Waals surface area contributed by atoms with Crippen LogP contribution < -0.4 is 11.1 Å². The maximum atomic E-state index is 12.0. The van der Waals surface area contributed by atoms with Gasteiger partial charge in [0.25, 0.3) is 0 Å². The van der Waals surface area contributed by atoms with Crippen LogP contribution in [-0.2, 0) is 16.6 Å². The quantitative estimate of drug-likeness (QED) is 0.597. The lowest BCUT2D eigenvalue weighted by Crippen LogP contribution is -2.39. The number of benzene rings is 1. The van der Waals surface area contributed by atoms with Crippen LogP contribution in [0.25, 0.3) is 10.9 Å². The molecule has 3 rings (SSSR count). The Morgan fingerprint density at radius 3 is 2.89 bits per heavy atom. The molecule has 1 aromatic carbocycles. The lowest BCUT2D eigenvalue weighted by molar-refractivity contribution is -0.134. The molecule has 0 aliphatic carbocycles. The van der Waals surface area contributed by atoms with Crippen LogP contribution in [0, 0.1) is 0 Å². The molecule has 98 valence electrons. The highest BCUT2D eigenvalue weighted by molar-refractivity contribution is 6.04. The van der Waals surface area contributed by atoms with Crippen molar-refractivity contribution in [2.75, 3.05) is 5.73 Å². The first kappa shape index (κ1) is 11.8. The number of piperidine rings is 1. The second-order valence-electron chi connectivity index (χ2n) is 4.94. The van der Waals surface area contributed by atoms with Crippen LogP contribution in [0.4, 0.5) is 5.69 Å². The maximum absolute atomic E-state index is 12.0. The third-order valence-electron chi connectivity index (χ3n) is 3.68. The Morgan fingerprint density at radius 1 is 1.37 bits per heavy atom. The van der Waals surface area contributed by atoms with Gasteiger partial charge in [-0.25, -0.2) is 0 Å². The molecule has 5 nitrogen and oxygen atoms in total. The molecule has 1 atom stereocenters. The van der Waals surface area contributed by atoms with E-state index >= 15 is 0 Å². The molecular weight excluding hydrogens is 242 g/mol. The van der Waals surface area contributed by atoms with E-state index < -0.39 is 0 Å². The highest BCUT2D eigenvalue weighted by Crippen LogP contribution is 2.34. The van der Waals surface area contributed by atoms with Crippen LogP contribution in [-0.4, -0.2) is 16.4 Å². The van der Waals surface area contributed by atoms with Gasteiger partial charge in [0, 0.05) is 25.1 Å². The number of hydrogen-bond acceptors (Lipinski definition) is 3. The van der Waals surface area contributed by atoms with E-state index in [1.165, 1.54) is 0 Å². The summed E-state index contributed by atoms with van der Waals surface area (Å²) in [5, 5.41) is 3.38. The molecular formula is C14H15N3O2. The van der Waals surface area contributed by atoms with Crippen molar-refractivity contribution in [3.05, 3.63) is 30.0 Å². The maximum Gasteiger partial charge on any atom is 0.234 e. The fourth-order valence-corrected chi connectivity index (χ4v) is 2.80. The zero-order valence-corrected chi connectivity index (χ0v) is 10.6. The minimum Gasteiger partial charge on any atom is -0.397 e. The number of nitrogen functional groups attached to an aromatic ring is 1. The van der Waals surface area contributed by atoms with Gasteiger partial charge in [0.15, 0.2) is 0 Å². The topological polar surface area (TPSA) is 77.1 Å². The largest absolute Gasteiger partial charge is 0.397 e. The Balaban J connectivity index is 2.13. The third kappa shape index (κ3) is 1.78. The summed E-state index contributed by atoms with van der Waals surface area (Å²) in [5.41, 5.74) is 8.55. The van der Waals surface area contributed by atoms with Crippen LogP contribution in [0.2, 0.25) is 0 Å². The smallest absolute Gasteiger partial charge is 0.234 e. The van der Waals surface area contributed by atoms with E-state index in [4.69, 9.17) is 5.73 Å². The lowest BCUT2D eigenvalue weighted by atomic mass is 9.90. The van der Waals surface area contributed by atoms with E-state index in [1.807, 2.05) is 36.0 Å². The van der Waals surface area contributed by atoms with Gasteiger partial charge in [0.05, 0.1) is 17.1 Å². The van der Waals surface area contributed by atoms with E-state index in [0.29, 0.717) is 18.5 Å². The Hall–Kier alpha value is -2.30. The fourth-order valence-electron chi connectivity index (χ4n) is 2.80. The van der Waals surface area contributed by atoms with E-state index in [0.717, 1.165) is 16.5 Å². The Bertz CT molecular complexity index is 687. The number of hydrogen-bond donors (Lipinski definition) is 2. The molecule has 0 bridgehead atoms. The number of amides is 2. The van der Waals surface area contributed by atoms with Gasteiger partial charge < -0.3 is 10.3 Å². The SMILES string of the molecule is Cn1cc(C2CCC(=O)NC2=O)c2cccc(N)c21. The zero-order valence-electron chi connectivity index (χ0n) is 10.6. The number of para-hydroxylation sites is 1. The lowest BCUT2D eigenvalue weighted by Gasteiger charge is -2.20. The number of nitrogens with two attached hydrogens (primary N) is 1. The van der Waals surface area contributed by atoms with Crippen molar-refractivity contribution in [2.45, 2.75) is 18.8 Å². The minimum atomic E-state index is -0.275.